The lowest BCUT2D eigenvalue weighted by Crippen LogP contribution is -2.29. The lowest BCUT2D eigenvalue weighted by molar-refractivity contribution is -0.137. The van der Waals surface area contributed by atoms with Crippen molar-refractivity contribution in [2.75, 3.05) is 6.54 Å². The summed E-state index contributed by atoms with van der Waals surface area (Å²) in [5.41, 5.74) is 2.08. The minimum atomic E-state index is -1.08. The molecule has 0 aliphatic heterocycles. The van der Waals surface area contributed by atoms with Crippen LogP contribution < -0.4 is 5.32 Å². The minimum absolute atomic E-state index is 0.0984. The number of benzene rings is 1. The van der Waals surface area contributed by atoms with Gasteiger partial charge >= 0.3 is 5.97 Å². The molecule has 2 N–H and O–H groups in total. The number of carbonyl (C=O) groups is 2. The van der Waals surface area contributed by atoms with Gasteiger partial charge in [-0.05, 0) is 11.5 Å². The number of aliphatic carboxylic acids is 1. The number of aryl methyl sites for hydroxylation is 1. The van der Waals surface area contributed by atoms with Crippen molar-refractivity contribution >= 4 is 11.9 Å². The maximum Gasteiger partial charge on any atom is 0.322 e. The van der Waals surface area contributed by atoms with Crippen molar-refractivity contribution in [1.29, 1.82) is 0 Å². The third-order valence-corrected chi connectivity index (χ3v) is 3.31. The Balaban J connectivity index is 1.92. The molecule has 1 heterocycles. The van der Waals surface area contributed by atoms with Gasteiger partial charge in [-0.1, -0.05) is 43.3 Å². The molecule has 1 amide bonds. The van der Waals surface area contributed by atoms with Crippen molar-refractivity contribution in [3.05, 3.63) is 35.7 Å². The summed E-state index contributed by atoms with van der Waals surface area (Å²) in [6, 6.07) is 7.91. The minimum Gasteiger partial charge on any atom is -0.480 e. The van der Waals surface area contributed by atoms with Crippen LogP contribution >= 0.6 is 0 Å². The van der Waals surface area contributed by atoms with Crippen molar-refractivity contribution in [3.8, 4) is 11.4 Å². The number of hydrogen-bond donors (Lipinski definition) is 2. The summed E-state index contributed by atoms with van der Waals surface area (Å²) < 4.78 is 5.12. The first kappa shape index (κ1) is 16.7. The molecule has 7 heteroatoms. The average Bonchev–Trinajstić information content (AvgIpc) is 3.00. The van der Waals surface area contributed by atoms with Gasteiger partial charge in [0.05, 0.1) is 0 Å². The molecule has 0 aliphatic carbocycles. The molecular weight excluding hydrogens is 298 g/mol. The van der Waals surface area contributed by atoms with Crippen LogP contribution in [0.2, 0.25) is 0 Å². The quantitative estimate of drug-likeness (QED) is 0.809. The van der Waals surface area contributed by atoms with E-state index in [2.05, 4.69) is 29.3 Å². The molecule has 0 fully saturated rings. The molecule has 0 radical (unpaired) electrons. The number of nitrogens with zero attached hydrogens (tertiary/aromatic N) is 2. The number of carbonyl (C=O) groups excluding carboxylic acids is 1. The van der Waals surface area contributed by atoms with Crippen LogP contribution in [0.5, 0.6) is 0 Å². The lowest BCUT2D eigenvalue weighted by atomic mass is 10.0. The molecular formula is C16H19N3O4. The summed E-state index contributed by atoms with van der Waals surface area (Å²) in [7, 11) is 0. The Morgan fingerprint density at radius 2 is 1.96 bits per heavy atom. The molecule has 0 saturated heterocycles. The topological polar surface area (TPSA) is 105 Å². The van der Waals surface area contributed by atoms with Crippen molar-refractivity contribution in [2.24, 2.45) is 0 Å². The van der Waals surface area contributed by atoms with E-state index in [0.717, 1.165) is 5.56 Å². The molecule has 0 atom stereocenters. The fourth-order valence-electron chi connectivity index (χ4n) is 1.97. The van der Waals surface area contributed by atoms with Gasteiger partial charge in [-0.25, -0.2) is 0 Å². The van der Waals surface area contributed by atoms with Crippen LogP contribution in [-0.4, -0.2) is 33.7 Å². The van der Waals surface area contributed by atoms with Gasteiger partial charge in [0.2, 0.25) is 17.6 Å². The zero-order valence-corrected chi connectivity index (χ0v) is 13.1. The maximum atomic E-state index is 11.4. The Bertz CT molecular complexity index is 677. The van der Waals surface area contributed by atoms with Gasteiger partial charge in [0.1, 0.15) is 6.54 Å². The number of carboxylic acids is 1. The molecule has 0 spiro atoms. The van der Waals surface area contributed by atoms with E-state index in [0.29, 0.717) is 17.6 Å². The predicted octanol–water partition coefficient (Wildman–Crippen LogP) is 1.99. The Labute approximate surface area is 133 Å². The van der Waals surface area contributed by atoms with Crippen molar-refractivity contribution < 1.29 is 19.2 Å². The van der Waals surface area contributed by atoms with E-state index >= 15 is 0 Å². The number of hydrogen-bond acceptors (Lipinski definition) is 5. The van der Waals surface area contributed by atoms with Crippen molar-refractivity contribution in [3.63, 3.8) is 0 Å². The fraction of sp³-hybridized carbons (Fsp3) is 0.375. The molecule has 2 rings (SSSR count). The largest absolute Gasteiger partial charge is 0.480 e. The summed E-state index contributed by atoms with van der Waals surface area (Å²) in [4.78, 5) is 26.0. The van der Waals surface area contributed by atoms with E-state index in [1.54, 1.807) is 0 Å². The summed E-state index contributed by atoms with van der Waals surface area (Å²) >= 11 is 0. The Hall–Kier alpha value is -2.70. The van der Waals surface area contributed by atoms with Gasteiger partial charge in [0.25, 0.3) is 0 Å². The van der Waals surface area contributed by atoms with E-state index in [1.807, 2.05) is 24.3 Å². The van der Waals surface area contributed by atoms with E-state index in [1.165, 1.54) is 5.56 Å². The highest BCUT2D eigenvalue weighted by Crippen LogP contribution is 2.20. The number of nitrogens with one attached hydrogen (secondary N) is 1. The summed E-state index contributed by atoms with van der Waals surface area (Å²) in [5, 5.41) is 14.7. The highest BCUT2D eigenvalue weighted by Gasteiger charge is 2.11. The third-order valence-electron chi connectivity index (χ3n) is 3.31. The molecule has 1 aromatic heterocycles. The van der Waals surface area contributed by atoms with Crippen LogP contribution in [0.25, 0.3) is 11.4 Å². The van der Waals surface area contributed by atoms with Crippen LogP contribution in [-0.2, 0) is 16.0 Å². The van der Waals surface area contributed by atoms with Gasteiger partial charge in [-0.3, -0.25) is 9.59 Å². The average molecular weight is 317 g/mol. The zero-order chi connectivity index (χ0) is 16.8. The standard InChI is InChI=1S/C16H19N3O4/c1-10(2)11-3-5-12(6-4-11)16-18-14(23-19-16)8-7-13(20)17-9-15(21)22/h3-6,10H,7-9H2,1-2H3,(H,17,20)(H,21,22). The normalized spacial score (nSPS) is 10.7. The molecule has 122 valence electrons. The van der Waals surface area contributed by atoms with Gasteiger partial charge < -0.3 is 14.9 Å². The first-order valence-corrected chi connectivity index (χ1v) is 7.37. The van der Waals surface area contributed by atoms with Crippen LogP contribution in [0.4, 0.5) is 0 Å². The SMILES string of the molecule is CC(C)c1ccc(-c2noc(CCC(=O)NCC(=O)O)n2)cc1. The summed E-state index contributed by atoms with van der Waals surface area (Å²) in [6.07, 6.45) is 0.365. The molecule has 7 nitrogen and oxygen atoms in total. The van der Waals surface area contributed by atoms with Crippen molar-refractivity contribution in [2.45, 2.75) is 32.6 Å². The lowest BCUT2D eigenvalue weighted by Gasteiger charge is -2.04. The molecule has 23 heavy (non-hydrogen) atoms. The molecule has 1 aromatic carbocycles. The van der Waals surface area contributed by atoms with Crippen LogP contribution in [0.15, 0.2) is 28.8 Å². The van der Waals surface area contributed by atoms with Gasteiger partial charge in [-0.2, -0.15) is 4.98 Å². The summed E-state index contributed by atoms with van der Waals surface area (Å²) in [6.45, 7) is 3.85. The van der Waals surface area contributed by atoms with Crippen LogP contribution in [0.1, 0.15) is 37.6 Å². The van der Waals surface area contributed by atoms with Crippen molar-refractivity contribution in [1.82, 2.24) is 15.5 Å². The second kappa shape index (κ2) is 7.53. The number of aromatic nitrogens is 2. The molecule has 2 aromatic rings. The van der Waals surface area contributed by atoms with E-state index in [-0.39, 0.29) is 18.7 Å². The van der Waals surface area contributed by atoms with E-state index in [4.69, 9.17) is 9.63 Å². The monoisotopic (exact) mass is 317 g/mol. The fourth-order valence-corrected chi connectivity index (χ4v) is 1.97. The second-order valence-corrected chi connectivity index (χ2v) is 5.46. The summed E-state index contributed by atoms with van der Waals surface area (Å²) in [5.74, 6) is -0.175. The first-order chi connectivity index (χ1) is 11.0. The third kappa shape index (κ3) is 4.91. The van der Waals surface area contributed by atoms with E-state index in [9.17, 15) is 9.59 Å². The Morgan fingerprint density at radius 3 is 2.57 bits per heavy atom. The highest BCUT2D eigenvalue weighted by atomic mass is 16.5. The Kier molecular flexibility index (Phi) is 5.46. The number of carboxylic acid groups (broad SMARTS) is 1. The van der Waals surface area contributed by atoms with Crippen LogP contribution in [0, 0.1) is 0 Å². The molecule has 0 unspecified atom stereocenters. The maximum absolute atomic E-state index is 11.4. The second-order valence-electron chi connectivity index (χ2n) is 5.46. The Morgan fingerprint density at radius 1 is 1.26 bits per heavy atom. The smallest absolute Gasteiger partial charge is 0.322 e. The first-order valence-electron chi connectivity index (χ1n) is 7.37. The molecule has 0 bridgehead atoms. The zero-order valence-electron chi connectivity index (χ0n) is 13.1. The van der Waals surface area contributed by atoms with Crippen LogP contribution in [0.3, 0.4) is 0 Å². The molecule has 0 saturated carbocycles. The van der Waals surface area contributed by atoms with E-state index < -0.39 is 12.5 Å². The number of rotatable bonds is 7. The van der Waals surface area contributed by atoms with Gasteiger partial charge in [0, 0.05) is 18.4 Å². The molecule has 0 aliphatic rings. The van der Waals surface area contributed by atoms with Gasteiger partial charge in [0.15, 0.2) is 0 Å². The highest BCUT2D eigenvalue weighted by molar-refractivity contribution is 5.81. The number of amides is 1. The van der Waals surface area contributed by atoms with Gasteiger partial charge in [-0.15, -0.1) is 0 Å². The predicted molar refractivity (Wildman–Crippen MR) is 82.8 cm³/mol.